The average molecular weight is 263 g/mol. The molecule has 1 rings (SSSR count). The van der Waals surface area contributed by atoms with Crippen molar-refractivity contribution in [2.75, 3.05) is 11.5 Å². The normalized spacial score (nSPS) is 11.3. The van der Waals surface area contributed by atoms with Gasteiger partial charge in [-0.15, -0.1) is 0 Å². The molecule has 1 amide bonds. The summed E-state index contributed by atoms with van der Waals surface area (Å²) in [5, 5.41) is 0.270. The topological polar surface area (TPSA) is 103 Å². The minimum atomic E-state index is -3.62. The lowest BCUT2D eigenvalue weighted by molar-refractivity contribution is -0.117. The maximum Gasteiger partial charge on any atom is 0.218 e. The van der Waals surface area contributed by atoms with Crippen LogP contribution in [0.4, 0.5) is 5.69 Å². The first kappa shape index (κ1) is 12.8. The van der Waals surface area contributed by atoms with Gasteiger partial charge in [-0.25, -0.2) is 8.42 Å². The highest BCUT2D eigenvalue weighted by atomic mass is 35.5. The molecule has 0 aromatic heterocycles. The predicted molar refractivity (Wildman–Crippen MR) is 61.7 cm³/mol. The molecule has 0 bridgehead atoms. The number of primary amides is 1. The van der Waals surface area contributed by atoms with E-state index in [0.29, 0.717) is 0 Å². The second-order valence-electron chi connectivity index (χ2n) is 3.22. The average Bonchev–Trinajstić information content (AvgIpc) is 2.19. The van der Waals surface area contributed by atoms with Crippen LogP contribution in [0.5, 0.6) is 0 Å². The Morgan fingerprint density at radius 3 is 2.56 bits per heavy atom. The van der Waals surface area contributed by atoms with E-state index in [1.165, 1.54) is 18.2 Å². The van der Waals surface area contributed by atoms with Crippen LogP contribution < -0.4 is 11.5 Å². The van der Waals surface area contributed by atoms with Crippen LogP contribution in [0.25, 0.3) is 0 Å². The lowest BCUT2D eigenvalue weighted by Crippen LogP contribution is -2.18. The number of amides is 1. The van der Waals surface area contributed by atoms with Crippen molar-refractivity contribution in [2.45, 2.75) is 11.3 Å². The van der Waals surface area contributed by atoms with E-state index in [2.05, 4.69) is 0 Å². The highest BCUT2D eigenvalue weighted by Crippen LogP contribution is 2.23. The molecule has 0 fully saturated rings. The molecule has 0 spiro atoms. The Morgan fingerprint density at radius 1 is 1.38 bits per heavy atom. The second-order valence-corrected chi connectivity index (χ2v) is 5.73. The zero-order valence-corrected chi connectivity index (χ0v) is 9.88. The van der Waals surface area contributed by atoms with Crippen LogP contribution in [0.1, 0.15) is 6.42 Å². The van der Waals surface area contributed by atoms with E-state index in [0.717, 1.165) is 0 Å². The predicted octanol–water partition coefficient (Wildman–Crippen LogP) is 0.571. The van der Waals surface area contributed by atoms with Crippen LogP contribution in [-0.2, 0) is 14.6 Å². The molecule has 0 aliphatic heterocycles. The Morgan fingerprint density at radius 2 is 2.00 bits per heavy atom. The molecular formula is C9H11ClN2O3S. The summed E-state index contributed by atoms with van der Waals surface area (Å²) in [5.41, 5.74) is 10.5. The molecule has 0 aliphatic rings. The van der Waals surface area contributed by atoms with Gasteiger partial charge in [-0.3, -0.25) is 4.79 Å². The Kier molecular flexibility index (Phi) is 3.77. The molecule has 0 radical (unpaired) electrons. The second kappa shape index (κ2) is 4.71. The molecule has 0 aliphatic carbocycles. The fraction of sp³-hybridized carbons (Fsp3) is 0.222. The third kappa shape index (κ3) is 3.11. The number of sulfone groups is 1. The van der Waals surface area contributed by atoms with Gasteiger partial charge < -0.3 is 11.5 Å². The van der Waals surface area contributed by atoms with Crippen molar-refractivity contribution in [2.24, 2.45) is 5.73 Å². The van der Waals surface area contributed by atoms with Crippen LogP contribution in [-0.4, -0.2) is 20.1 Å². The van der Waals surface area contributed by atoms with Crippen molar-refractivity contribution in [3.8, 4) is 0 Å². The van der Waals surface area contributed by atoms with Gasteiger partial charge in [0, 0.05) is 11.4 Å². The summed E-state index contributed by atoms with van der Waals surface area (Å²) >= 11 is 5.67. The molecule has 1 aromatic carbocycles. The Bertz CT molecular complexity index is 513. The monoisotopic (exact) mass is 262 g/mol. The van der Waals surface area contributed by atoms with Crippen LogP contribution in [0.3, 0.4) is 0 Å². The molecule has 0 unspecified atom stereocenters. The fourth-order valence-electron chi connectivity index (χ4n) is 1.12. The number of benzene rings is 1. The number of rotatable bonds is 4. The number of carbonyl (C=O) groups is 1. The van der Waals surface area contributed by atoms with Crippen molar-refractivity contribution in [1.82, 2.24) is 0 Å². The Labute approximate surface area is 98.3 Å². The molecule has 1 aromatic rings. The van der Waals surface area contributed by atoms with Gasteiger partial charge in [0.2, 0.25) is 5.91 Å². The van der Waals surface area contributed by atoms with Crippen molar-refractivity contribution >= 4 is 33.0 Å². The standard InChI is InChI=1S/C9H11ClN2O3S/c10-6-1-2-7(11)8(5-6)16(14,15)4-3-9(12)13/h1-2,5H,3-4,11H2,(H2,12,13). The molecule has 7 heteroatoms. The smallest absolute Gasteiger partial charge is 0.218 e. The number of carbonyl (C=O) groups excluding carboxylic acids is 1. The number of hydrogen-bond acceptors (Lipinski definition) is 4. The zero-order chi connectivity index (χ0) is 12.3. The lowest BCUT2D eigenvalue weighted by atomic mass is 10.3. The molecule has 0 heterocycles. The van der Waals surface area contributed by atoms with Gasteiger partial charge in [0.25, 0.3) is 0 Å². The van der Waals surface area contributed by atoms with E-state index in [-0.39, 0.29) is 27.8 Å². The van der Waals surface area contributed by atoms with Crippen LogP contribution in [0.2, 0.25) is 5.02 Å². The van der Waals surface area contributed by atoms with Gasteiger partial charge in [-0.05, 0) is 18.2 Å². The number of nitrogen functional groups attached to an aromatic ring is 1. The van der Waals surface area contributed by atoms with Gasteiger partial charge in [0.15, 0.2) is 9.84 Å². The van der Waals surface area contributed by atoms with Crippen molar-refractivity contribution in [3.63, 3.8) is 0 Å². The third-order valence-electron chi connectivity index (χ3n) is 1.93. The van der Waals surface area contributed by atoms with E-state index in [1.54, 1.807) is 0 Å². The molecule has 5 nitrogen and oxygen atoms in total. The van der Waals surface area contributed by atoms with Crippen LogP contribution >= 0.6 is 11.6 Å². The van der Waals surface area contributed by atoms with Gasteiger partial charge in [-0.1, -0.05) is 11.6 Å². The van der Waals surface area contributed by atoms with Crippen molar-refractivity contribution in [1.29, 1.82) is 0 Å². The van der Waals surface area contributed by atoms with Gasteiger partial charge in [0.1, 0.15) is 0 Å². The Hall–Kier alpha value is -1.27. The minimum absolute atomic E-state index is 0.0683. The molecule has 16 heavy (non-hydrogen) atoms. The highest BCUT2D eigenvalue weighted by molar-refractivity contribution is 7.91. The van der Waals surface area contributed by atoms with Crippen LogP contribution in [0, 0.1) is 0 Å². The summed E-state index contributed by atoms with van der Waals surface area (Å²) in [6.07, 6.45) is -0.242. The largest absolute Gasteiger partial charge is 0.398 e. The molecule has 4 N–H and O–H groups in total. The summed E-state index contributed by atoms with van der Waals surface area (Å²) in [5.74, 6) is -1.04. The maximum atomic E-state index is 11.8. The van der Waals surface area contributed by atoms with Gasteiger partial charge in [0.05, 0.1) is 16.3 Å². The first-order valence-electron chi connectivity index (χ1n) is 4.39. The SMILES string of the molecule is NC(=O)CCS(=O)(=O)c1cc(Cl)ccc1N. The van der Waals surface area contributed by atoms with E-state index in [9.17, 15) is 13.2 Å². The molecule has 88 valence electrons. The summed E-state index contributed by atoms with van der Waals surface area (Å²) in [6, 6.07) is 4.15. The molecule has 0 saturated carbocycles. The summed E-state index contributed by atoms with van der Waals surface area (Å²) in [6.45, 7) is 0. The van der Waals surface area contributed by atoms with Crippen molar-refractivity contribution < 1.29 is 13.2 Å². The van der Waals surface area contributed by atoms with E-state index < -0.39 is 15.7 Å². The van der Waals surface area contributed by atoms with Crippen molar-refractivity contribution in [3.05, 3.63) is 23.2 Å². The molecule has 0 saturated heterocycles. The number of nitrogens with two attached hydrogens (primary N) is 2. The summed E-state index contributed by atoms with van der Waals surface area (Å²) in [7, 11) is -3.62. The van der Waals surface area contributed by atoms with E-state index in [4.69, 9.17) is 23.1 Å². The first-order chi connectivity index (χ1) is 7.33. The first-order valence-corrected chi connectivity index (χ1v) is 6.42. The zero-order valence-electron chi connectivity index (χ0n) is 8.31. The molecular weight excluding hydrogens is 252 g/mol. The fourth-order valence-corrected chi connectivity index (χ4v) is 2.78. The number of anilines is 1. The summed E-state index contributed by atoms with van der Waals surface area (Å²) in [4.78, 5) is 10.5. The number of halogens is 1. The summed E-state index contributed by atoms with van der Waals surface area (Å²) < 4.78 is 23.5. The van der Waals surface area contributed by atoms with E-state index >= 15 is 0 Å². The Balaban J connectivity index is 3.07. The third-order valence-corrected chi connectivity index (χ3v) is 3.93. The lowest BCUT2D eigenvalue weighted by Gasteiger charge is -2.06. The number of hydrogen-bond donors (Lipinski definition) is 2. The quantitative estimate of drug-likeness (QED) is 0.774. The van der Waals surface area contributed by atoms with Gasteiger partial charge >= 0.3 is 0 Å². The highest BCUT2D eigenvalue weighted by Gasteiger charge is 2.18. The van der Waals surface area contributed by atoms with E-state index in [1.807, 2.05) is 0 Å². The van der Waals surface area contributed by atoms with Gasteiger partial charge in [-0.2, -0.15) is 0 Å². The maximum absolute atomic E-state index is 11.8. The minimum Gasteiger partial charge on any atom is -0.398 e. The van der Waals surface area contributed by atoms with Crippen LogP contribution in [0.15, 0.2) is 23.1 Å². The molecule has 0 atom stereocenters.